The summed E-state index contributed by atoms with van der Waals surface area (Å²) in [6.07, 6.45) is 0.868. The quantitative estimate of drug-likeness (QED) is 0.939. The van der Waals surface area contributed by atoms with E-state index in [-0.39, 0.29) is 12.5 Å². The van der Waals surface area contributed by atoms with Gasteiger partial charge in [-0.2, -0.15) is 4.37 Å². The third-order valence-corrected chi connectivity index (χ3v) is 4.02. The normalized spacial score (nSPS) is 14.0. The smallest absolute Gasteiger partial charge is 0.264 e. The van der Waals surface area contributed by atoms with Crippen molar-refractivity contribution in [1.82, 2.24) is 9.36 Å². The minimum atomic E-state index is -0.0558. The highest BCUT2D eigenvalue weighted by Crippen LogP contribution is 2.34. The van der Waals surface area contributed by atoms with Gasteiger partial charge >= 0.3 is 0 Å². The molecule has 0 radical (unpaired) electrons. The molecular weight excluding hydrogens is 300 g/mol. The van der Waals surface area contributed by atoms with Gasteiger partial charge in [-0.25, -0.2) is 4.98 Å². The van der Waals surface area contributed by atoms with E-state index in [1.165, 1.54) is 11.5 Å². The van der Waals surface area contributed by atoms with Crippen molar-refractivity contribution in [1.29, 1.82) is 0 Å². The van der Waals surface area contributed by atoms with Crippen LogP contribution in [-0.4, -0.2) is 28.9 Å². The largest absolute Gasteiger partial charge is 0.482 e. The average Bonchev–Trinajstić information content (AvgIpc) is 2.90. The number of benzene rings is 1. The lowest BCUT2D eigenvalue weighted by molar-refractivity contribution is -0.120. The van der Waals surface area contributed by atoms with Crippen LogP contribution in [-0.2, 0) is 11.2 Å². The Kier molecular flexibility index (Phi) is 3.98. The van der Waals surface area contributed by atoms with E-state index in [4.69, 9.17) is 4.74 Å². The molecule has 0 unspecified atom stereocenters. The third-order valence-electron chi connectivity index (χ3n) is 3.36. The van der Waals surface area contributed by atoms with Crippen LogP contribution in [0.4, 0.5) is 16.5 Å². The molecular formula is C15H18N4O2S. The van der Waals surface area contributed by atoms with Gasteiger partial charge < -0.3 is 15.0 Å². The van der Waals surface area contributed by atoms with Crippen LogP contribution in [0.1, 0.15) is 19.7 Å². The number of anilines is 3. The number of aromatic nitrogens is 2. The second kappa shape index (κ2) is 5.92. The fraction of sp³-hybridized carbons (Fsp3) is 0.400. The highest BCUT2D eigenvalue weighted by Gasteiger charge is 2.22. The first-order valence-corrected chi connectivity index (χ1v) is 7.93. The SMILES string of the molecule is CC(C)Cc1nsc(Nc2ccc3c(c2)N(C)C(=O)CO3)n1. The van der Waals surface area contributed by atoms with Gasteiger partial charge in [0.1, 0.15) is 11.6 Å². The Morgan fingerprint density at radius 3 is 3.05 bits per heavy atom. The van der Waals surface area contributed by atoms with Crippen molar-refractivity contribution < 1.29 is 9.53 Å². The second-order valence-electron chi connectivity index (χ2n) is 5.66. The molecule has 22 heavy (non-hydrogen) atoms. The molecule has 1 amide bonds. The van der Waals surface area contributed by atoms with Gasteiger partial charge in [0.05, 0.1) is 5.69 Å². The Morgan fingerprint density at radius 1 is 1.45 bits per heavy atom. The second-order valence-corrected chi connectivity index (χ2v) is 6.41. The summed E-state index contributed by atoms with van der Waals surface area (Å²) in [6.45, 7) is 4.38. The summed E-state index contributed by atoms with van der Waals surface area (Å²) in [4.78, 5) is 17.8. The molecule has 0 fully saturated rings. The standard InChI is InChI=1S/C15H18N4O2S/c1-9(2)6-13-17-15(22-18-13)16-10-4-5-12-11(7-10)19(3)14(20)8-21-12/h4-5,7,9H,6,8H2,1-3H3,(H,16,17,18). The fourth-order valence-electron chi connectivity index (χ4n) is 2.23. The Hall–Kier alpha value is -2.15. The predicted octanol–water partition coefficient (Wildman–Crippen LogP) is 2.84. The van der Waals surface area contributed by atoms with Crippen LogP contribution < -0.4 is 15.0 Å². The van der Waals surface area contributed by atoms with E-state index in [1.807, 2.05) is 18.2 Å². The van der Waals surface area contributed by atoms with Crippen molar-refractivity contribution in [3.8, 4) is 5.75 Å². The van der Waals surface area contributed by atoms with Crippen LogP contribution in [0.15, 0.2) is 18.2 Å². The number of amides is 1. The molecule has 6 nitrogen and oxygen atoms in total. The number of carbonyl (C=O) groups is 1. The molecule has 1 aliphatic heterocycles. The van der Waals surface area contributed by atoms with Crippen molar-refractivity contribution in [3.05, 3.63) is 24.0 Å². The Bertz CT molecular complexity index is 699. The zero-order valence-corrected chi connectivity index (χ0v) is 13.6. The topological polar surface area (TPSA) is 67.4 Å². The maximum atomic E-state index is 11.7. The number of nitrogens with zero attached hydrogens (tertiary/aromatic N) is 3. The van der Waals surface area contributed by atoms with Crippen molar-refractivity contribution in [2.75, 3.05) is 23.9 Å². The van der Waals surface area contributed by atoms with E-state index in [1.54, 1.807) is 11.9 Å². The average molecular weight is 318 g/mol. The first-order chi connectivity index (χ1) is 10.5. The van der Waals surface area contributed by atoms with Gasteiger partial charge in [-0.3, -0.25) is 4.79 Å². The van der Waals surface area contributed by atoms with Crippen molar-refractivity contribution in [3.63, 3.8) is 0 Å². The lowest BCUT2D eigenvalue weighted by Crippen LogP contribution is -2.35. The Labute approximate surface area is 133 Å². The summed E-state index contributed by atoms with van der Waals surface area (Å²) < 4.78 is 9.76. The molecule has 116 valence electrons. The van der Waals surface area contributed by atoms with Crippen LogP contribution in [0.2, 0.25) is 0 Å². The summed E-state index contributed by atoms with van der Waals surface area (Å²) in [7, 11) is 1.75. The maximum Gasteiger partial charge on any atom is 0.264 e. The van der Waals surface area contributed by atoms with Crippen LogP contribution in [0.25, 0.3) is 0 Å². The summed E-state index contributed by atoms with van der Waals surface area (Å²) in [5, 5.41) is 3.99. The van der Waals surface area contributed by atoms with Crippen molar-refractivity contribution in [2.45, 2.75) is 20.3 Å². The number of likely N-dealkylation sites (N-methyl/N-ethyl adjacent to an activating group) is 1. The van der Waals surface area contributed by atoms with Gasteiger partial charge in [-0.1, -0.05) is 13.8 Å². The Balaban J connectivity index is 1.78. The molecule has 2 heterocycles. The molecule has 0 saturated carbocycles. The number of hydrogen-bond donors (Lipinski definition) is 1. The monoisotopic (exact) mass is 318 g/mol. The minimum absolute atomic E-state index is 0.0558. The van der Waals surface area contributed by atoms with Gasteiger partial charge in [0, 0.05) is 30.7 Å². The van der Waals surface area contributed by atoms with Crippen molar-refractivity contribution in [2.24, 2.45) is 5.92 Å². The molecule has 2 aromatic rings. The highest BCUT2D eigenvalue weighted by atomic mass is 32.1. The molecule has 1 aromatic carbocycles. The van der Waals surface area contributed by atoms with Crippen LogP contribution >= 0.6 is 11.5 Å². The molecule has 1 aliphatic rings. The van der Waals surface area contributed by atoms with Crippen LogP contribution in [0, 0.1) is 5.92 Å². The van der Waals surface area contributed by atoms with E-state index in [9.17, 15) is 4.79 Å². The van der Waals surface area contributed by atoms with E-state index in [2.05, 4.69) is 28.5 Å². The zero-order chi connectivity index (χ0) is 15.7. The van der Waals surface area contributed by atoms with Gasteiger partial charge in [-0.15, -0.1) is 0 Å². The maximum absolute atomic E-state index is 11.7. The van der Waals surface area contributed by atoms with E-state index in [0.717, 1.165) is 28.8 Å². The van der Waals surface area contributed by atoms with Crippen molar-refractivity contribution >= 4 is 33.9 Å². The van der Waals surface area contributed by atoms with Gasteiger partial charge in [0.15, 0.2) is 6.61 Å². The van der Waals surface area contributed by atoms with Gasteiger partial charge in [0.2, 0.25) is 5.13 Å². The summed E-state index contributed by atoms with van der Waals surface area (Å²) in [6, 6.07) is 5.65. The lowest BCUT2D eigenvalue weighted by Gasteiger charge is -2.26. The first kappa shape index (κ1) is 14.8. The van der Waals surface area contributed by atoms with E-state index < -0.39 is 0 Å². The molecule has 3 rings (SSSR count). The Morgan fingerprint density at radius 2 is 2.27 bits per heavy atom. The number of carbonyl (C=O) groups excluding carboxylic acids is 1. The summed E-state index contributed by atoms with van der Waals surface area (Å²) in [5.74, 6) is 2.05. The number of nitrogens with one attached hydrogen (secondary N) is 1. The molecule has 0 atom stereocenters. The highest BCUT2D eigenvalue weighted by molar-refractivity contribution is 7.09. The summed E-state index contributed by atoms with van der Waals surface area (Å²) in [5.41, 5.74) is 1.62. The number of hydrogen-bond acceptors (Lipinski definition) is 6. The van der Waals surface area contributed by atoms with Gasteiger partial charge in [-0.05, 0) is 24.1 Å². The molecule has 0 aliphatic carbocycles. The predicted molar refractivity (Wildman–Crippen MR) is 87.1 cm³/mol. The summed E-state index contributed by atoms with van der Waals surface area (Å²) >= 11 is 1.34. The van der Waals surface area contributed by atoms with E-state index in [0.29, 0.717) is 11.7 Å². The molecule has 0 saturated heterocycles. The molecule has 0 bridgehead atoms. The minimum Gasteiger partial charge on any atom is -0.482 e. The number of ether oxygens (including phenoxy) is 1. The zero-order valence-electron chi connectivity index (χ0n) is 12.8. The third kappa shape index (κ3) is 3.04. The first-order valence-electron chi connectivity index (χ1n) is 7.16. The lowest BCUT2D eigenvalue weighted by atomic mass is 10.1. The molecule has 7 heteroatoms. The fourth-order valence-corrected chi connectivity index (χ4v) is 2.84. The molecule has 0 spiro atoms. The van der Waals surface area contributed by atoms with E-state index >= 15 is 0 Å². The number of fused-ring (bicyclic) bond motifs is 1. The molecule has 1 aromatic heterocycles. The van der Waals surface area contributed by atoms with Crippen LogP contribution in [0.3, 0.4) is 0 Å². The van der Waals surface area contributed by atoms with Gasteiger partial charge in [0.25, 0.3) is 5.91 Å². The molecule has 1 N–H and O–H groups in total. The van der Waals surface area contributed by atoms with Crippen LogP contribution in [0.5, 0.6) is 5.75 Å². The number of rotatable bonds is 4.